The summed E-state index contributed by atoms with van der Waals surface area (Å²) in [6, 6.07) is 0. The summed E-state index contributed by atoms with van der Waals surface area (Å²) in [6.45, 7) is 14.1. The van der Waals surface area contributed by atoms with Gasteiger partial charge >= 0.3 is 111 Å². The van der Waals surface area contributed by atoms with E-state index in [0.717, 1.165) is 0 Å². The van der Waals surface area contributed by atoms with Crippen LogP contribution in [0.5, 0.6) is 0 Å². The minimum absolute atomic E-state index is 0.0700. The van der Waals surface area contributed by atoms with Gasteiger partial charge in [0.1, 0.15) is 5.25 Å². The molecule has 176 valence electrons. The molecular weight excluding hydrogens is 405 g/mol. The first kappa shape index (κ1) is 30.7. The molecule has 29 heavy (non-hydrogen) atoms. The van der Waals surface area contributed by atoms with Gasteiger partial charge in [-0.05, 0) is 6.42 Å². The first-order chi connectivity index (χ1) is 13.5. The van der Waals surface area contributed by atoms with Crippen molar-refractivity contribution in [2.24, 2.45) is 5.73 Å². The molecular formula is C22H48NO4PS. The van der Waals surface area contributed by atoms with Gasteiger partial charge in [0.25, 0.3) is 10.1 Å². The average Bonchev–Trinajstić information content (AvgIpc) is 2.66. The third kappa shape index (κ3) is 14.2. The zero-order valence-corrected chi connectivity index (χ0v) is 21.5. The Morgan fingerprint density at radius 3 is 1.31 bits per heavy atom. The van der Waals surface area contributed by atoms with E-state index in [0.29, 0.717) is 0 Å². The van der Waals surface area contributed by atoms with Crippen LogP contribution in [0.1, 0.15) is 92.4 Å². The molecule has 0 fully saturated rings. The van der Waals surface area contributed by atoms with Gasteiger partial charge in [0, 0.05) is 5.57 Å². The Bertz CT molecular complexity index is 512. The van der Waals surface area contributed by atoms with Crippen molar-refractivity contribution in [1.82, 2.24) is 0 Å². The summed E-state index contributed by atoms with van der Waals surface area (Å²) >= 11 is 0. The number of unbranched alkanes of at least 4 members (excludes halogenated alkanes) is 4. The third-order valence-corrected chi connectivity index (χ3v) is 12.7. The maximum absolute atomic E-state index is 10.6. The van der Waals surface area contributed by atoms with Crippen LogP contribution in [0.2, 0.25) is 0 Å². The Morgan fingerprint density at radius 1 is 0.862 bits per heavy atom. The molecule has 0 rings (SSSR count). The molecule has 0 heterocycles. The van der Waals surface area contributed by atoms with E-state index < -0.39 is 28.5 Å². The second-order valence-corrected chi connectivity index (χ2v) is 14.8. The second-order valence-electron chi connectivity index (χ2n) is 8.22. The molecule has 0 aliphatic carbocycles. The standard InChI is InChI=1S/C16H37P.C6H11NO4S/c1-5-9-13-17(14-10-6-2,15-11-7-3)16-12-8-4;1-3-5(12(9,10)11)4(2)6(7)8/h17H,5-16H2,1-4H3;5H,2-3H2,1H3,(H2,7,8)(H,9,10,11). The Kier molecular flexibility index (Phi) is 18.3. The Labute approximate surface area is 181 Å². The number of carbonyl (C=O) groups is 1. The molecule has 0 aromatic carbocycles. The molecule has 3 N–H and O–H groups in total. The van der Waals surface area contributed by atoms with Crippen LogP contribution in [0.15, 0.2) is 12.2 Å². The van der Waals surface area contributed by atoms with E-state index in [-0.39, 0.29) is 12.0 Å². The number of amides is 1. The van der Waals surface area contributed by atoms with Crippen molar-refractivity contribution in [3.63, 3.8) is 0 Å². The van der Waals surface area contributed by atoms with Gasteiger partial charge in [-0.3, -0.25) is 9.35 Å². The maximum atomic E-state index is 10.6. The molecule has 0 aliphatic heterocycles. The van der Waals surface area contributed by atoms with Crippen molar-refractivity contribution < 1.29 is 17.8 Å². The van der Waals surface area contributed by atoms with Crippen molar-refractivity contribution in [2.45, 2.75) is 97.7 Å². The van der Waals surface area contributed by atoms with Crippen molar-refractivity contribution in [3.8, 4) is 0 Å². The normalized spacial score (nSPS) is 13.3. The summed E-state index contributed by atoms with van der Waals surface area (Å²) in [4.78, 5) is 10.5. The monoisotopic (exact) mass is 453 g/mol. The van der Waals surface area contributed by atoms with Gasteiger partial charge in [-0.25, -0.2) is 0 Å². The molecule has 1 amide bonds. The van der Waals surface area contributed by atoms with E-state index in [4.69, 9.17) is 10.3 Å². The second kappa shape index (κ2) is 17.3. The van der Waals surface area contributed by atoms with Gasteiger partial charge in [0.05, 0.1) is 0 Å². The third-order valence-electron chi connectivity index (χ3n) is 5.68. The zero-order chi connectivity index (χ0) is 22.9. The van der Waals surface area contributed by atoms with Gasteiger partial charge in [-0.15, -0.1) is 0 Å². The first-order valence-electron chi connectivity index (χ1n) is 11.5. The van der Waals surface area contributed by atoms with Gasteiger partial charge in [0.2, 0.25) is 5.91 Å². The van der Waals surface area contributed by atoms with E-state index in [1.807, 2.05) is 0 Å². The average molecular weight is 454 g/mol. The van der Waals surface area contributed by atoms with Crippen LogP contribution in [-0.4, -0.2) is 48.8 Å². The predicted molar refractivity (Wildman–Crippen MR) is 131 cm³/mol. The van der Waals surface area contributed by atoms with Gasteiger partial charge in [-0.1, -0.05) is 13.5 Å². The molecule has 0 aromatic rings. The minimum atomic E-state index is -4.26. The predicted octanol–water partition coefficient (Wildman–Crippen LogP) is 5.63. The zero-order valence-electron chi connectivity index (χ0n) is 19.6. The van der Waals surface area contributed by atoms with Crippen molar-refractivity contribution in [2.75, 3.05) is 24.6 Å². The van der Waals surface area contributed by atoms with Crippen LogP contribution in [0.3, 0.4) is 0 Å². The summed E-state index contributed by atoms with van der Waals surface area (Å²) in [5.41, 5.74) is 4.50. The molecule has 1 unspecified atom stereocenters. The molecule has 0 bridgehead atoms. The van der Waals surface area contributed by atoms with E-state index in [2.05, 4.69) is 34.3 Å². The van der Waals surface area contributed by atoms with Gasteiger partial charge in [-0.2, -0.15) is 8.42 Å². The van der Waals surface area contributed by atoms with Crippen LogP contribution < -0.4 is 5.73 Å². The molecule has 7 heteroatoms. The van der Waals surface area contributed by atoms with E-state index in [1.54, 1.807) is 24.6 Å². The molecule has 0 saturated carbocycles. The van der Waals surface area contributed by atoms with Gasteiger partial charge in [0.15, 0.2) is 0 Å². The van der Waals surface area contributed by atoms with Crippen molar-refractivity contribution in [1.29, 1.82) is 0 Å². The summed E-state index contributed by atoms with van der Waals surface area (Å²) in [6.07, 6.45) is 18.2. The molecule has 5 nitrogen and oxygen atoms in total. The summed E-state index contributed by atoms with van der Waals surface area (Å²) in [7, 11) is -5.14. The fourth-order valence-corrected chi connectivity index (χ4v) is 10.6. The SMILES string of the molecule is C=C(C(N)=O)C(CC)S(=O)(=O)O.CCCC[PH](CCCC)(CCCC)CCCC. The van der Waals surface area contributed by atoms with Gasteiger partial charge < -0.3 is 5.73 Å². The molecule has 0 spiro atoms. The first-order valence-corrected chi connectivity index (χ1v) is 15.8. The number of primary amides is 1. The molecule has 0 radical (unpaired) electrons. The Hall–Kier alpha value is -0.450. The summed E-state index contributed by atoms with van der Waals surface area (Å²) in [5, 5.41) is -1.28. The van der Waals surface area contributed by atoms with E-state index in [1.165, 1.54) is 58.3 Å². The summed E-state index contributed by atoms with van der Waals surface area (Å²) < 4.78 is 29.8. The van der Waals surface area contributed by atoms with Crippen molar-refractivity contribution >= 4 is 23.3 Å². The Balaban J connectivity index is 0. The molecule has 0 aromatic heterocycles. The van der Waals surface area contributed by atoms with Crippen LogP contribution in [-0.2, 0) is 14.9 Å². The fourth-order valence-electron chi connectivity index (χ4n) is 3.75. The number of hydrogen-bond acceptors (Lipinski definition) is 3. The van der Waals surface area contributed by atoms with E-state index in [9.17, 15) is 13.2 Å². The number of rotatable bonds is 16. The van der Waals surface area contributed by atoms with Crippen LogP contribution in [0, 0.1) is 0 Å². The molecule has 1 atom stereocenters. The topological polar surface area (TPSA) is 97.5 Å². The van der Waals surface area contributed by atoms with Crippen molar-refractivity contribution in [3.05, 3.63) is 12.2 Å². The van der Waals surface area contributed by atoms with Crippen LogP contribution in [0.25, 0.3) is 0 Å². The number of nitrogens with two attached hydrogens (primary N) is 1. The number of hydrogen-bond donors (Lipinski definition) is 2. The van der Waals surface area contributed by atoms with E-state index >= 15 is 0 Å². The molecule has 0 aliphatic rings. The molecule has 0 saturated heterocycles. The Morgan fingerprint density at radius 2 is 1.17 bits per heavy atom. The van der Waals surface area contributed by atoms with Crippen LogP contribution >= 0.6 is 7.26 Å². The summed E-state index contributed by atoms with van der Waals surface area (Å²) in [5.74, 6) is -0.917. The fraction of sp³-hybridized carbons (Fsp3) is 0.864. The quantitative estimate of drug-likeness (QED) is 0.180. The number of carbonyl (C=O) groups excluding carboxylic acids is 1. The van der Waals surface area contributed by atoms with Crippen LogP contribution in [0.4, 0.5) is 0 Å².